The van der Waals surface area contributed by atoms with Crippen LogP contribution in [0.5, 0.6) is 0 Å². The van der Waals surface area contributed by atoms with Gasteiger partial charge in [0.15, 0.2) is 5.78 Å². The Balaban J connectivity index is 2.28. The molecule has 0 fully saturated rings. The summed E-state index contributed by atoms with van der Waals surface area (Å²) < 4.78 is 6.04. The summed E-state index contributed by atoms with van der Waals surface area (Å²) in [6, 6.07) is 2.73. The van der Waals surface area contributed by atoms with E-state index in [0.717, 1.165) is 12.8 Å². The van der Waals surface area contributed by atoms with Gasteiger partial charge in [0.1, 0.15) is 0 Å². The molecule has 1 aromatic heterocycles. The van der Waals surface area contributed by atoms with Gasteiger partial charge < -0.3 is 10.5 Å². The van der Waals surface area contributed by atoms with Crippen LogP contribution < -0.4 is 5.73 Å². The van der Waals surface area contributed by atoms with Crippen LogP contribution in [-0.4, -0.2) is 30.1 Å². The van der Waals surface area contributed by atoms with Gasteiger partial charge in [-0.25, -0.2) is 0 Å². The molecule has 1 aromatic rings. The average molecular weight is 334 g/mol. The van der Waals surface area contributed by atoms with E-state index in [1.165, 1.54) is 11.3 Å². The summed E-state index contributed by atoms with van der Waals surface area (Å²) in [5, 5.41) is 5.64. The number of carbonyl (C=O) groups excluding carboxylic acids is 1. The quantitative estimate of drug-likeness (QED) is 0.355. The lowest BCUT2D eigenvalue weighted by atomic mass is 9.86. The molecule has 2 N–H and O–H groups in total. The first kappa shape index (κ1) is 17.7. The first-order valence-electron chi connectivity index (χ1n) is 7.84. The van der Waals surface area contributed by atoms with Crippen LogP contribution >= 0.6 is 11.3 Å². The molecule has 0 spiro atoms. The van der Waals surface area contributed by atoms with Crippen molar-refractivity contribution >= 4 is 17.1 Å². The Morgan fingerprint density at radius 1 is 1.57 bits per heavy atom. The van der Waals surface area contributed by atoms with Crippen LogP contribution in [0.4, 0.5) is 0 Å². The van der Waals surface area contributed by atoms with Crippen molar-refractivity contribution in [3.05, 3.63) is 44.5 Å². The van der Waals surface area contributed by atoms with Crippen LogP contribution in [0.15, 0.2) is 34.3 Å². The molecule has 0 unspecified atom stereocenters. The summed E-state index contributed by atoms with van der Waals surface area (Å²) in [7, 11) is 0. The lowest BCUT2D eigenvalue weighted by Gasteiger charge is -2.34. The minimum absolute atomic E-state index is 0.0387. The third-order valence-electron chi connectivity index (χ3n) is 4.12. The maximum absolute atomic E-state index is 12.6. The largest absolute Gasteiger partial charge is 0.369 e. The normalized spacial score (nSPS) is 24.2. The van der Waals surface area contributed by atoms with Gasteiger partial charge in [0.25, 0.3) is 0 Å². The van der Waals surface area contributed by atoms with Gasteiger partial charge in [-0.05, 0) is 42.3 Å². The Hall–Kier alpha value is -1.66. The van der Waals surface area contributed by atoms with Crippen LogP contribution in [0.1, 0.15) is 42.8 Å². The summed E-state index contributed by atoms with van der Waals surface area (Å²) in [5.41, 5.74) is 15.6. The smallest absolute Gasteiger partial charge is 0.198 e. The Morgan fingerprint density at radius 3 is 2.87 bits per heavy atom. The van der Waals surface area contributed by atoms with Crippen molar-refractivity contribution in [1.82, 2.24) is 0 Å². The highest BCUT2D eigenvalue weighted by Crippen LogP contribution is 2.28. The Morgan fingerprint density at radius 2 is 2.30 bits per heavy atom. The van der Waals surface area contributed by atoms with E-state index in [-0.39, 0.29) is 11.9 Å². The molecule has 6 nitrogen and oxygen atoms in total. The number of hydrogen-bond donors (Lipinski definition) is 1. The molecule has 0 saturated carbocycles. The molecular weight excluding hydrogens is 312 g/mol. The minimum atomic E-state index is -0.469. The maximum Gasteiger partial charge on any atom is 0.198 e. The van der Waals surface area contributed by atoms with Gasteiger partial charge in [-0.2, -0.15) is 0 Å². The number of carbonyl (C=O) groups is 1. The molecule has 0 radical (unpaired) electrons. The first-order valence-corrected chi connectivity index (χ1v) is 8.72. The van der Waals surface area contributed by atoms with Gasteiger partial charge in [-0.3, -0.25) is 4.79 Å². The molecule has 0 aromatic carbocycles. The topological polar surface area (TPSA) is 101 Å². The zero-order valence-corrected chi connectivity index (χ0v) is 14.2. The van der Waals surface area contributed by atoms with E-state index >= 15 is 0 Å². The summed E-state index contributed by atoms with van der Waals surface area (Å²) >= 11 is 1.40. The van der Waals surface area contributed by atoms with E-state index in [0.29, 0.717) is 16.9 Å². The van der Waals surface area contributed by atoms with Crippen molar-refractivity contribution in [3.63, 3.8) is 0 Å². The van der Waals surface area contributed by atoms with Gasteiger partial charge >= 0.3 is 0 Å². The number of rotatable bonds is 7. The highest BCUT2D eigenvalue weighted by atomic mass is 32.1. The van der Waals surface area contributed by atoms with E-state index in [2.05, 4.69) is 23.9 Å². The second-order valence-electron chi connectivity index (χ2n) is 5.59. The van der Waals surface area contributed by atoms with Crippen LogP contribution in [-0.2, 0) is 4.74 Å². The molecule has 0 saturated heterocycles. The molecule has 1 heterocycles. The molecule has 2 rings (SSSR count). The summed E-state index contributed by atoms with van der Waals surface area (Å²) in [4.78, 5) is 16.1. The molecule has 1 aliphatic carbocycles. The van der Waals surface area contributed by atoms with E-state index in [4.69, 9.17) is 16.0 Å². The second-order valence-corrected chi connectivity index (χ2v) is 6.54. The molecule has 124 valence electrons. The lowest BCUT2D eigenvalue weighted by molar-refractivity contribution is -0.00982. The van der Waals surface area contributed by atoms with Crippen molar-refractivity contribution in [2.24, 2.45) is 10.8 Å². The van der Waals surface area contributed by atoms with Gasteiger partial charge in [0, 0.05) is 16.5 Å². The zero-order chi connectivity index (χ0) is 16.8. The van der Waals surface area contributed by atoms with E-state index in [9.17, 15) is 4.79 Å². The Kier molecular flexibility index (Phi) is 6.36. The Labute approximate surface area is 140 Å². The maximum atomic E-state index is 12.6. The van der Waals surface area contributed by atoms with Crippen LogP contribution in [0, 0.1) is 0 Å². The van der Waals surface area contributed by atoms with Crippen LogP contribution in [0.25, 0.3) is 10.4 Å². The van der Waals surface area contributed by atoms with Crippen LogP contribution in [0.3, 0.4) is 0 Å². The lowest BCUT2D eigenvalue weighted by Crippen LogP contribution is -2.48. The number of nitrogens with zero attached hydrogens (tertiary/aromatic N) is 3. The third-order valence-corrected chi connectivity index (χ3v) is 4.98. The number of hydrogen-bond acceptors (Lipinski definition) is 5. The SMILES string of the molecule is CCC(CC)O[C@@H]1C=C(C(=O)c2cccs2)C[C@H](N=[N+]=[N-])[C@H]1N. The average Bonchev–Trinajstić information content (AvgIpc) is 3.09. The molecule has 0 bridgehead atoms. The zero-order valence-electron chi connectivity index (χ0n) is 13.4. The number of thiophene rings is 1. The van der Waals surface area contributed by atoms with Crippen molar-refractivity contribution in [2.45, 2.75) is 57.4 Å². The molecule has 3 atom stereocenters. The predicted octanol–water partition coefficient (Wildman–Crippen LogP) is 3.84. The highest BCUT2D eigenvalue weighted by molar-refractivity contribution is 7.12. The number of azide groups is 1. The van der Waals surface area contributed by atoms with E-state index < -0.39 is 18.2 Å². The Bertz CT molecular complexity index is 604. The second kappa shape index (κ2) is 8.26. The standard InChI is InChI=1S/C16H22N4O2S/c1-3-11(4-2)22-13-9-10(8-12(15(13)17)19-20-18)16(21)14-6-5-7-23-14/h5-7,9,11-13,15H,3-4,8,17H2,1-2H3/t12-,13+,15+/m0/s1. The minimum Gasteiger partial charge on any atom is -0.369 e. The predicted molar refractivity (Wildman–Crippen MR) is 91.5 cm³/mol. The number of Topliss-reactive ketones (excluding diaryl/α,β-unsaturated/α-hetero) is 1. The monoisotopic (exact) mass is 334 g/mol. The summed E-state index contributed by atoms with van der Waals surface area (Å²) in [6.07, 6.45) is 3.56. The fraction of sp³-hybridized carbons (Fsp3) is 0.562. The molecular formula is C16H22N4O2S. The van der Waals surface area contributed by atoms with Crippen molar-refractivity contribution in [2.75, 3.05) is 0 Å². The van der Waals surface area contributed by atoms with Gasteiger partial charge in [0.05, 0.1) is 23.1 Å². The van der Waals surface area contributed by atoms with Crippen molar-refractivity contribution in [3.8, 4) is 0 Å². The fourth-order valence-electron chi connectivity index (χ4n) is 2.71. The molecule has 7 heteroatoms. The summed E-state index contributed by atoms with van der Waals surface area (Å²) in [5.74, 6) is -0.0387. The molecule has 1 aliphatic rings. The number of nitrogens with two attached hydrogens (primary N) is 1. The first-order chi connectivity index (χ1) is 11.1. The van der Waals surface area contributed by atoms with E-state index in [1.54, 1.807) is 6.07 Å². The van der Waals surface area contributed by atoms with Gasteiger partial charge in [0.2, 0.25) is 0 Å². The van der Waals surface area contributed by atoms with Gasteiger partial charge in [-0.15, -0.1) is 11.3 Å². The number of ketones is 1. The van der Waals surface area contributed by atoms with Crippen molar-refractivity contribution < 1.29 is 9.53 Å². The molecule has 23 heavy (non-hydrogen) atoms. The van der Waals surface area contributed by atoms with Gasteiger partial charge in [-0.1, -0.05) is 25.0 Å². The highest BCUT2D eigenvalue weighted by Gasteiger charge is 2.34. The van der Waals surface area contributed by atoms with Crippen molar-refractivity contribution in [1.29, 1.82) is 0 Å². The third kappa shape index (κ3) is 4.20. The summed E-state index contributed by atoms with van der Waals surface area (Å²) in [6.45, 7) is 4.10. The van der Waals surface area contributed by atoms with E-state index in [1.807, 2.05) is 17.5 Å². The number of ether oxygens (including phenoxy) is 1. The fourth-order valence-corrected chi connectivity index (χ4v) is 3.41. The molecule has 0 amide bonds. The van der Waals surface area contributed by atoms with Crippen LogP contribution in [0.2, 0.25) is 0 Å². The molecule has 0 aliphatic heterocycles.